The molecule has 2 saturated carbocycles. The molecule has 28 heavy (non-hydrogen) atoms. The molecule has 2 aromatic rings. The van der Waals surface area contributed by atoms with Gasteiger partial charge < -0.3 is 4.90 Å². The summed E-state index contributed by atoms with van der Waals surface area (Å²) in [6, 6.07) is 11.0. The summed E-state index contributed by atoms with van der Waals surface area (Å²) in [6.07, 6.45) is 4.45. The zero-order chi connectivity index (χ0) is 19.9. The first-order chi connectivity index (χ1) is 13.3. The molecule has 2 aliphatic rings. The molecule has 0 heterocycles. The summed E-state index contributed by atoms with van der Waals surface area (Å²) in [5.41, 5.74) is 0.820. The van der Waals surface area contributed by atoms with Crippen molar-refractivity contribution in [3.8, 4) is 0 Å². The van der Waals surface area contributed by atoms with Crippen molar-refractivity contribution in [1.29, 1.82) is 0 Å². The molecule has 1 N–H and O–H groups in total. The molecule has 0 atom stereocenters. The van der Waals surface area contributed by atoms with Crippen LogP contribution < -0.4 is 4.72 Å². The first-order valence-corrected chi connectivity index (χ1v) is 11.5. The Morgan fingerprint density at radius 2 is 1.79 bits per heavy atom. The van der Waals surface area contributed by atoms with Crippen LogP contribution in [0.5, 0.6) is 0 Å². The number of sulfonamides is 1. The van der Waals surface area contributed by atoms with Crippen LogP contribution in [0.3, 0.4) is 0 Å². The largest absolute Gasteiger partial charge is 0.335 e. The van der Waals surface area contributed by atoms with Gasteiger partial charge in [-0.3, -0.25) is 9.52 Å². The zero-order valence-electron chi connectivity index (χ0n) is 15.1. The van der Waals surface area contributed by atoms with Gasteiger partial charge in [-0.2, -0.15) is 0 Å². The van der Waals surface area contributed by atoms with Crippen molar-refractivity contribution in [3.05, 3.63) is 58.1 Å². The Kier molecular flexibility index (Phi) is 5.29. The van der Waals surface area contributed by atoms with Crippen molar-refractivity contribution in [1.82, 2.24) is 4.90 Å². The smallest absolute Gasteiger partial charge is 0.261 e. The fourth-order valence-corrected chi connectivity index (χ4v) is 4.54. The average Bonchev–Trinajstić information content (AvgIpc) is 3.54. The Labute approximate surface area is 174 Å². The molecule has 0 unspecified atom stereocenters. The second-order valence-electron chi connectivity index (χ2n) is 7.39. The number of halogens is 2. The van der Waals surface area contributed by atoms with Crippen LogP contribution in [0.4, 0.5) is 5.69 Å². The van der Waals surface area contributed by atoms with Crippen LogP contribution in [-0.4, -0.2) is 31.8 Å². The first kappa shape index (κ1) is 19.6. The molecule has 2 aromatic carbocycles. The quantitative estimate of drug-likeness (QED) is 0.674. The van der Waals surface area contributed by atoms with E-state index in [1.54, 1.807) is 24.3 Å². The van der Waals surface area contributed by atoms with Crippen LogP contribution in [0.25, 0.3) is 0 Å². The number of benzene rings is 2. The monoisotopic (exact) mass is 438 g/mol. The molecule has 1 amide bonds. The number of nitrogens with zero attached hydrogens (tertiary/aromatic N) is 1. The van der Waals surface area contributed by atoms with E-state index >= 15 is 0 Å². The number of carbonyl (C=O) groups is 1. The third-order valence-corrected chi connectivity index (χ3v) is 7.08. The van der Waals surface area contributed by atoms with E-state index in [2.05, 4.69) is 4.72 Å². The fraction of sp³-hybridized carbons (Fsp3) is 0.350. The van der Waals surface area contributed by atoms with Crippen molar-refractivity contribution in [2.24, 2.45) is 5.92 Å². The molecule has 8 heteroatoms. The lowest BCUT2D eigenvalue weighted by atomic mass is 10.1. The Morgan fingerprint density at radius 1 is 1.04 bits per heavy atom. The van der Waals surface area contributed by atoms with E-state index in [9.17, 15) is 13.2 Å². The second kappa shape index (κ2) is 7.58. The Morgan fingerprint density at radius 3 is 2.43 bits per heavy atom. The van der Waals surface area contributed by atoms with Gasteiger partial charge in [0.25, 0.3) is 15.9 Å². The third-order valence-electron chi connectivity index (χ3n) is 4.96. The molecule has 4 rings (SSSR count). The van der Waals surface area contributed by atoms with Crippen LogP contribution in [-0.2, 0) is 10.0 Å². The van der Waals surface area contributed by atoms with Crippen LogP contribution in [0.1, 0.15) is 36.0 Å². The minimum absolute atomic E-state index is 0.00645. The highest BCUT2D eigenvalue weighted by molar-refractivity contribution is 7.92. The summed E-state index contributed by atoms with van der Waals surface area (Å²) in [7, 11) is -3.85. The summed E-state index contributed by atoms with van der Waals surface area (Å²) in [6.45, 7) is 0.794. The molecule has 0 spiro atoms. The van der Waals surface area contributed by atoms with Gasteiger partial charge in [-0.25, -0.2) is 8.42 Å². The Bertz CT molecular complexity index is 1020. The van der Waals surface area contributed by atoms with E-state index in [4.69, 9.17) is 23.2 Å². The summed E-state index contributed by atoms with van der Waals surface area (Å²) >= 11 is 11.8. The Balaban J connectivity index is 1.54. The SMILES string of the molecule is O=C(c1cccc(NS(=O)(=O)c2ccc(Cl)c(Cl)c2)c1)N(CC1CC1)C1CC1. The van der Waals surface area contributed by atoms with E-state index in [1.165, 1.54) is 31.0 Å². The molecular formula is C20H20Cl2N2O3S. The molecule has 0 aromatic heterocycles. The van der Waals surface area contributed by atoms with Gasteiger partial charge in [0.1, 0.15) is 0 Å². The van der Waals surface area contributed by atoms with Crippen molar-refractivity contribution in [3.63, 3.8) is 0 Å². The maximum atomic E-state index is 13.0. The van der Waals surface area contributed by atoms with Crippen LogP contribution in [0.15, 0.2) is 47.4 Å². The van der Waals surface area contributed by atoms with E-state index in [0.717, 1.165) is 19.4 Å². The molecule has 0 bridgehead atoms. The standard InChI is InChI=1S/C20H20Cl2N2O3S/c21-18-9-8-17(11-19(18)22)28(26,27)23-15-3-1-2-14(10-15)20(25)24(16-6-7-16)12-13-4-5-13/h1-3,8-11,13,16,23H,4-7,12H2. The molecular weight excluding hydrogens is 419 g/mol. The van der Waals surface area contributed by atoms with Crippen LogP contribution in [0, 0.1) is 5.92 Å². The zero-order valence-corrected chi connectivity index (χ0v) is 17.4. The number of rotatable bonds is 7. The van der Waals surface area contributed by atoms with E-state index in [1.807, 2.05) is 4.90 Å². The highest BCUT2D eigenvalue weighted by atomic mass is 35.5. The highest BCUT2D eigenvalue weighted by Gasteiger charge is 2.36. The summed E-state index contributed by atoms with van der Waals surface area (Å²) < 4.78 is 27.8. The second-order valence-corrected chi connectivity index (χ2v) is 9.89. The number of carbonyl (C=O) groups excluding carboxylic acids is 1. The molecule has 148 valence electrons. The van der Waals surface area contributed by atoms with Crippen molar-refractivity contribution in [2.45, 2.75) is 36.6 Å². The van der Waals surface area contributed by atoms with E-state index in [0.29, 0.717) is 23.2 Å². The fourth-order valence-electron chi connectivity index (χ4n) is 3.10. The lowest BCUT2D eigenvalue weighted by Crippen LogP contribution is -2.34. The van der Waals surface area contributed by atoms with Gasteiger partial charge in [0, 0.05) is 23.8 Å². The lowest BCUT2D eigenvalue weighted by molar-refractivity contribution is 0.0735. The molecule has 0 saturated heterocycles. The van der Waals surface area contributed by atoms with Gasteiger partial charge in [-0.1, -0.05) is 29.3 Å². The average molecular weight is 439 g/mol. The Hall–Kier alpha value is -1.76. The van der Waals surface area contributed by atoms with Gasteiger partial charge in [-0.05, 0) is 68.0 Å². The number of anilines is 1. The van der Waals surface area contributed by atoms with Crippen molar-refractivity contribution < 1.29 is 13.2 Å². The number of hydrogen-bond donors (Lipinski definition) is 1. The van der Waals surface area contributed by atoms with Gasteiger partial charge >= 0.3 is 0 Å². The van der Waals surface area contributed by atoms with Crippen molar-refractivity contribution in [2.75, 3.05) is 11.3 Å². The van der Waals surface area contributed by atoms with E-state index in [-0.39, 0.29) is 20.8 Å². The van der Waals surface area contributed by atoms with E-state index < -0.39 is 10.0 Å². The van der Waals surface area contributed by atoms with Gasteiger partial charge in [0.15, 0.2) is 0 Å². The molecule has 2 aliphatic carbocycles. The van der Waals surface area contributed by atoms with Crippen LogP contribution >= 0.6 is 23.2 Å². The van der Waals surface area contributed by atoms with Gasteiger partial charge in [0.05, 0.1) is 14.9 Å². The van der Waals surface area contributed by atoms with Crippen molar-refractivity contribution >= 4 is 44.8 Å². The minimum Gasteiger partial charge on any atom is -0.335 e. The molecule has 2 fully saturated rings. The minimum atomic E-state index is -3.85. The molecule has 5 nitrogen and oxygen atoms in total. The molecule has 0 aliphatic heterocycles. The number of amides is 1. The maximum absolute atomic E-state index is 13.0. The topological polar surface area (TPSA) is 66.5 Å². The summed E-state index contributed by atoms with van der Waals surface area (Å²) in [5.74, 6) is 0.575. The number of hydrogen-bond acceptors (Lipinski definition) is 3. The normalized spacial score (nSPS) is 16.6. The lowest BCUT2D eigenvalue weighted by Gasteiger charge is -2.22. The summed E-state index contributed by atoms with van der Waals surface area (Å²) in [4.78, 5) is 14.9. The predicted molar refractivity (Wildman–Crippen MR) is 110 cm³/mol. The molecule has 0 radical (unpaired) electrons. The number of nitrogens with one attached hydrogen (secondary N) is 1. The third kappa shape index (κ3) is 4.45. The van der Waals surface area contributed by atoms with Gasteiger partial charge in [0.2, 0.25) is 0 Å². The maximum Gasteiger partial charge on any atom is 0.261 e. The highest BCUT2D eigenvalue weighted by Crippen LogP contribution is 2.36. The first-order valence-electron chi connectivity index (χ1n) is 9.22. The van der Waals surface area contributed by atoms with Crippen LogP contribution in [0.2, 0.25) is 10.0 Å². The van der Waals surface area contributed by atoms with Gasteiger partial charge in [-0.15, -0.1) is 0 Å². The predicted octanol–water partition coefficient (Wildman–Crippen LogP) is 4.81. The summed E-state index contributed by atoms with van der Waals surface area (Å²) in [5, 5.41) is 0.442.